The van der Waals surface area contributed by atoms with Crippen molar-refractivity contribution in [2.45, 2.75) is 38.5 Å². The third kappa shape index (κ3) is 5.94. The van der Waals surface area contributed by atoms with Crippen LogP contribution in [-0.2, 0) is 4.79 Å². The first-order valence-electron chi connectivity index (χ1n) is 7.53. The Kier molecular flexibility index (Phi) is 8.16. The maximum atomic E-state index is 12.2. The van der Waals surface area contributed by atoms with Gasteiger partial charge in [-0.1, -0.05) is 25.7 Å². The second kappa shape index (κ2) is 9.64. The third-order valence-corrected chi connectivity index (χ3v) is 3.73. The van der Waals surface area contributed by atoms with Crippen molar-refractivity contribution in [3.05, 3.63) is 24.3 Å². The normalized spacial score (nSPS) is 15.7. The molecule has 2 rings (SSSR count). The molecule has 0 atom stereocenters. The van der Waals surface area contributed by atoms with E-state index in [9.17, 15) is 4.79 Å². The van der Waals surface area contributed by atoms with Crippen molar-refractivity contribution in [1.29, 1.82) is 0 Å². The number of nitrogens with one attached hydrogen (secondary N) is 1. The van der Waals surface area contributed by atoms with Crippen molar-refractivity contribution in [2.24, 2.45) is 11.7 Å². The first-order valence-corrected chi connectivity index (χ1v) is 7.53. The number of anilines is 1. The van der Waals surface area contributed by atoms with Crippen LogP contribution in [0.3, 0.4) is 0 Å². The minimum Gasteiger partial charge on any atom is -0.492 e. The molecule has 118 valence electrons. The van der Waals surface area contributed by atoms with Crippen molar-refractivity contribution in [1.82, 2.24) is 0 Å². The van der Waals surface area contributed by atoms with Crippen LogP contribution in [0.25, 0.3) is 0 Å². The molecule has 1 amide bonds. The summed E-state index contributed by atoms with van der Waals surface area (Å²) in [5.41, 5.74) is 6.22. The molecule has 1 aliphatic carbocycles. The van der Waals surface area contributed by atoms with Gasteiger partial charge in [-0.15, -0.1) is 12.4 Å². The smallest absolute Gasteiger partial charge is 0.227 e. The zero-order valence-electron chi connectivity index (χ0n) is 12.3. The summed E-state index contributed by atoms with van der Waals surface area (Å²) in [4.78, 5) is 12.2. The summed E-state index contributed by atoms with van der Waals surface area (Å²) < 4.78 is 5.41. The highest BCUT2D eigenvalue weighted by molar-refractivity contribution is 5.92. The molecule has 0 aliphatic heterocycles. The lowest BCUT2D eigenvalue weighted by atomic mass is 9.99. The van der Waals surface area contributed by atoms with Crippen LogP contribution in [-0.4, -0.2) is 19.1 Å². The zero-order valence-corrected chi connectivity index (χ0v) is 13.2. The van der Waals surface area contributed by atoms with Gasteiger partial charge in [-0.3, -0.25) is 4.79 Å². The number of ether oxygens (including phenoxy) is 1. The van der Waals surface area contributed by atoms with Crippen molar-refractivity contribution in [3.63, 3.8) is 0 Å². The van der Waals surface area contributed by atoms with Gasteiger partial charge in [-0.2, -0.15) is 0 Å². The Labute approximate surface area is 132 Å². The standard InChI is InChI=1S/C16H24N2O2.ClH/c17-11-12-20-15-9-7-14(8-10-15)18-16(19)13-5-3-1-2-4-6-13;/h7-10,13H,1-6,11-12,17H2,(H,18,19);1H. The largest absolute Gasteiger partial charge is 0.492 e. The molecule has 0 spiro atoms. The van der Waals surface area contributed by atoms with E-state index in [-0.39, 0.29) is 24.2 Å². The summed E-state index contributed by atoms with van der Waals surface area (Å²) in [6.45, 7) is 1.01. The molecular weight excluding hydrogens is 288 g/mol. The topological polar surface area (TPSA) is 64.3 Å². The van der Waals surface area contributed by atoms with Crippen molar-refractivity contribution < 1.29 is 9.53 Å². The molecule has 0 saturated heterocycles. The van der Waals surface area contributed by atoms with E-state index in [0.29, 0.717) is 13.2 Å². The average Bonchev–Trinajstić information content (AvgIpc) is 2.75. The molecule has 3 N–H and O–H groups in total. The van der Waals surface area contributed by atoms with Crippen molar-refractivity contribution in [3.8, 4) is 5.75 Å². The summed E-state index contributed by atoms with van der Waals surface area (Å²) in [5.74, 6) is 1.11. The highest BCUT2D eigenvalue weighted by atomic mass is 35.5. The van der Waals surface area contributed by atoms with Gasteiger partial charge in [0.1, 0.15) is 12.4 Å². The Morgan fingerprint density at radius 2 is 1.76 bits per heavy atom. The molecule has 4 nitrogen and oxygen atoms in total. The number of hydrogen-bond acceptors (Lipinski definition) is 3. The lowest BCUT2D eigenvalue weighted by Gasteiger charge is -2.14. The van der Waals surface area contributed by atoms with Gasteiger partial charge in [0.2, 0.25) is 5.91 Å². The summed E-state index contributed by atoms with van der Waals surface area (Å²) in [5, 5.41) is 3.00. The summed E-state index contributed by atoms with van der Waals surface area (Å²) in [6, 6.07) is 7.47. The quantitative estimate of drug-likeness (QED) is 0.819. The minimum absolute atomic E-state index is 0. The first kappa shape index (κ1) is 17.8. The van der Waals surface area contributed by atoms with Gasteiger partial charge in [0.05, 0.1) is 0 Å². The Bertz CT molecular complexity index is 415. The van der Waals surface area contributed by atoms with Gasteiger partial charge in [-0.25, -0.2) is 0 Å². The molecule has 0 radical (unpaired) electrons. The molecule has 1 aromatic rings. The summed E-state index contributed by atoms with van der Waals surface area (Å²) in [6.07, 6.45) is 6.90. The second-order valence-corrected chi connectivity index (χ2v) is 5.34. The molecule has 1 fully saturated rings. The maximum absolute atomic E-state index is 12.2. The molecule has 1 aliphatic rings. The van der Waals surface area contributed by atoms with Crippen LogP contribution in [0.15, 0.2) is 24.3 Å². The van der Waals surface area contributed by atoms with E-state index in [1.165, 1.54) is 25.7 Å². The molecule has 0 heterocycles. The van der Waals surface area contributed by atoms with E-state index < -0.39 is 0 Å². The van der Waals surface area contributed by atoms with Gasteiger partial charge in [-0.05, 0) is 37.1 Å². The highest BCUT2D eigenvalue weighted by Gasteiger charge is 2.19. The van der Waals surface area contributed by atoms with Gasteiger partial charge in [0.15, 0.2) is 0 Å². The number of nitrogens with two attached hydrogens (primary N) is 1. The Morgan fingerprint density at radius 1 is 1.14 bits per heavy atom. The van der Waals surface area contributed by atoms with E-state index >= 15 is 0 Å². The van der Waals surface area contributed by atoms with Crippen molar-refractivity contribution in [2.75, 3.05) is 18.5 Å². The molecule has 0 aromatic heterocycles. The molecule has 1 aromatic carbocycles. The highest BCUT2D eigenvalue weighted by Crippen LogP contribution is 2.24. The van der Waals surface area contributed by atoms with E-state index in [4.69, 9.17) is 10.5 Å². The molecule has 0 unspecified atom stereocenters. The Balaban J connectivity index is 0.00000220. The van der Waals surface area contributed by atoms with Crippen LogP contribution >= 0.6 is 12.4 Å². The fraction of sp³-hybridized carbons (Fsp3) is 0.562. The summed E-state index contributed by atoms with van der Waals surface area (Å²) in [7, 11) is 0. The fourth-order valence-corrected chi connectivity index (χ4v) is 2.60. The monoisotopic (exact) mass is 312 g/mol. The Morgan fingerprint density at radius 3 is 2.33 bits per heavy atom. The number of amides is 1. The van der Waals surface area contributed by atoms with Crippen LogP contribution in [0.4, 0.5) is 5.69 Å². The average molecular weight is 313 g/mol. The van der Waals surface area contributed by atoms with Crippen LogP contribution in [0.2, 0.25) is 0 Å². The molecule has 5 heteroatoms. The molecule has 1 saturated carbocycles. The van der Waals surface area contributed by atoms with Crippen LogP contribution in [0.1, 0.15) is 38.5 Å². The minimum atomic E-state index is 0. The third-order valence-electron chi connectivity index (χ3n) is 3.73. The lowest BCUT2D eigenvalue weighted by molar-refractivity contribution is -0.120. The number of benzene rings is 1. The number of rotatable bonds is 5. The van der Waals surface area contributed by atoms with Crippen LogP contribution in [0.5, 0.6) is 5.75 Å². The number of carbonyl (C=O) groups excluding carboxylic acids is 1. The van der Waals surface area contributed by atoms with E-state index in [0.717, 1.165) is 24.3 Å². The lowest BCUT2D eigenvalue weighted by Crippen LogP contribution is -2.22. The molecular formula is C16H25ClN2O2. The zero-order chi connectivity index (χ0) is 14.2. The van der Waals surface area contributed by atoms with E-state index in [2.05, 4.69) is 5.32 Å². The first-order chi connectivity index (χ1) is 9.79. The van der Waals surface area contributed by atoms with Crippen molar-refractivity contribution >= 4 is 24.0 Å². The van der Waals surface area contributed by atoms with E-state index in [1.54, 1.807) is 0 Å². The van der Waals surface area contributed by atoms with Gasteiger partial charge < -0.3 is 15.8 Å². The van der Waals surface area contributed by atoms with Gasteiger partial charge in [0, 0.05) is 18.2 Å². The second-order valence-electron chi connectivity index (χ2n) is 5.34. The molecule has 0 bridgehead atoms. The number of hydrogen-bond donors (Lipinski definition) is 2. The van der Waals surface area contributed by atoms with Gasteiger partial charge in [0.25, 0.3) is 0 Å². The Hall–Kier alpha value is -1.26. The number of halogens is 1. The SMILES string of the molecule is Cl.NCCOc1ccc(NC(=O)C2CCCCCC2)cc1. The number of carbonyl (C=O) groups is 1. The predicted molar refractivity (Wildman–Crippen MR) is 88.1 cm³/mol. The fourth-order valence-electron chi connectivity index (χ4n) is 2.60. The summed E-state index contributed by atoms with van der Waals surface area (Å²) >= 11 is 0. The van der Waals surface area contributed by atoms with Crippen LogP contribution in [0, 0.1) is 5.92 Å². The van der Waals surface area contributed by atoms with E-state index in [1.807, 2.05) is 24.3 Å². The predicted octanol–water partition coefficient (Wildman–Crippen LogP) is 3.35. The maximum Gasteiger partial charge on any atom is 0.227 e. The van der Waals surface area contributed by atoms with Gasteiger partial charge >= 0.3 is 0 Å². The van der Waals surface area contributed by atoms with Crippen LogP contribution < -0.4 is 15.8 Å². The molecule has 21 heavy (non-hydrogen) atoms.